The highest BCUT2D eigenvalue weighted by Crippen LogP contribution is 2.27. The first-order chi connectivity index (χ1) is 27.3. The Morgan fingerprint density at radius 2 is 1.05 bits per heavy atom. The summed E-state index contributed by atoms with van der Waals surface area (Å²) in [6.45, 7) is 4.78. The van der Waals surface area contributed by atoms with Crippen LogP contribution in [0, 0.1) is 6.92 Å². The summed E-state index contributed by atoms with van der Waals surface area (Å²) in [4.78, 5) is 9.38. The summed E-state index contributed by atoms with van der Waals surface area (Å²) >= 11 is 0. The quantitative estimate of drug-likeness (QED) is 0.0953. The molecular formula is C47H44N4O5S. The van der Waals surface area contributed by atoms with Gasteiger partial charge in [0.15, 0.2) is 0 Å². The van der Waals surface area contributed by atoms with Gasteiger partial charge in [-0.2, -0.15) is 8.42 Å². The van der Waals surface area contributed by atoms with Crippen molar-refractivity contribution in [3.8, 4) is 23.1 Å². The average molecular weight is 777 g/mol. The molecule has 0 aliphatic carbocycles. The number of rotatable bonds is 11. The minimum absolute atomic E-state index is 0. The second-order valence-corrected chi connectivity index (χ2v) is 15.0. The van der Waals surface area contributed by atoms with Crippen LogP contribution in [0.1, 0.15) is 26.3 Å². The van der Waals surface area contributed by atoms with Crippen molar-refractivity contribution in [2.24, 2.45) is 0 Å². The normalized spacial score (nSPS) is 11.3. The van der Waals surface area contributed by atoms with E-state index in [1.54, 1.807) is 12.1 Å². The Morgan fingerprint density at radius 1 is 0.544 bits per heavy atom. The highest BCUT2D eigenvalue weighted by atomic mass is 32.2. The molecule has 0 N–H and O–H groups in total. The van der Waals surface area contributed by atoms with Gasteiger partial charge in [0.2, 0.25) is 0 Å². The van der Waals surface area contributed by atoms with Gasteiger partial charge in [0, 0.05) is 35.6 Å². The van der Waals surface area contributed by atoms with Crippen LogP contribution in [0.15, 0.2) is 163 Å². The molecule has 288 valence electrons. The van der Waals surface area contributed by atoms with Crippen molar-refractivity contribution >= 4 is 53.5 Å². The van der Waals surface area contributed by atoms with Gasteiger partial charge in [-0.25, -0.2) is 9.97 Å². The zero-order valence-electron chi connectivity index (χ0n) is 31.1. The average Bonchev–Trinajstić information content (AvgIpc) is 3.87. The number of pyridine rings is 2. The second-order valence-electron chi connectivity index (χ2n) is 13.4. The molecule has 0 saturated carbocycles. The smallest absolute Gasteiger partial charge is 0.297 e. The van der Waals surface area contributed by atoms with Gasteiger partial charge in [-0.1, -0.05) is 80.6 Å². The third-order valence-electron chi connectivity index (χ3n) is 9.42. The summed E-state index contributed by atoms with van der Waals surface area (Å²) < 4.78 is 45.2. The predicted octanol–water partition coefficient (Wildman–Crippen LogP) is 10.9. The summed E-state index contributed by atoms with van der Waals surface area (Å²) in [5, 5.41) is 6.60. The maximum atomic E-state index is 12.3. The lowest BCUT2D eigenvalue weighted by molar-refractivity contribution is 0.221. The Kier molecular flexibility index (Phi) is 11.6. The fraction of sp³-hybridized carbons (Fsp3) is 0.149. The molecule has 0 fully saturated rings. The molecule has 57 heavy (non-hydrogen) atoms. The highest BCUT2D eigenvalue weighted by Gasteiger charge is 2.15. The van der Waals surface area contributed by atoms with Crippen molar-refractivity contribution in [1.29, 1.82) is 0 Å². The van der Waals surface area contributed by atoms with Gasteiger partial charge in [-0.3, -0.25) is 4.18 Å². The summed E-state index contributed by atoms with van der Waals surface area (Å²) in [6, 6.07) is 43.3. The number of hydrogen-bond donors (Lipinski definition) is 0. The van der Waals surface area contributed by atoms with E-state index in [1.165, 1.54) is 23.0 Å². The SMILES string of the molecule is C.CCCOc1ccc2cc(-n3ccc4ccccc43)ncc2c1.Cc1ccc(S(=O)(=O)OCCOc2ccc3cc(-n4ccc5ccccc54)ncc3c2)cc1. The maximum absolute atomic E-state index is 12.3. The fourth-order valence-corrected chi connectivity index (χ4v) is 7.41. The van der Waals surface area contributed by atoms with Gasteiger partial charge in [0.1, 0.15) is 36.3 Å². The van der Waals surface area contributed by atoms with E-state index in [2.05, 4.69) is 99.0 Å². The van der Waals surface area contributed by atoms with Crippen LogP contribution in [-0.4, -0.2) is 47.3 Å². The Hall–Kier alpha value is -6.49. The number of aromatic nitrogens is 4. The summed E-state index contributed by atoms with van der Waals surface area (Å²) in [5.41, 5.74) is 3.25. The first-order valence-electron chi connectivity index (χ1n) is 18.5. The molecule has 4 aromatic heterocycles. The molecular weight excluding hydrogens is 733 g/mol. The molecule has 0 spiro atoms. The number of fused-ring (bicyclic) bond motifs is 4. The van der Waals surface area contributed by atoms with Crippen LogP contribution in [0.2, 0.25) is 0 Å². The number of nitrogens with zero attached hydrogens (tertiary/aromatic N) is 4. The molecule has 9 aromatic rings. The molecule has 10 heteroatoms. The van der Waals surface area contributed by atoms with Crippen molar-refractivity contribution in [2.45, 2.75) is 32.6 Å². The fourth-order valence-electron chi connectivity index (χ4n) is 6.52. The first-order valence-corrected chi connectivity index (χ1v) is 19.9. The number of ether oxygens (including phenoxy) is 2. The largest absolute Gasteiger partial charge is 0.494 e. The van der Waals surface area contributed by atoms with Gasteiger partial charge in [0.25, 0.3) is 10.1 Å². The standard InChI is InChI=1S/C26H22N2O4S.C20H18N2O.CH4/c1-19-6-10-24(11-7-19)33(29,30)32-15-14-31-23-9-8-21-17-26(27-18-22(21)16-23)28-13-12-20-4-2-3-5-25(20)28;1-2-11-23-18-8-7-16-13-20(21-14-17(16)12-18)22-10-9-15-5-3-4-6-19(15)22;/h2-13,16-18H,14-15H2,1H3;3-10,12-14H,2,11H2,1H3;1H4. The summed E-state index contributed by atoms with van der Waals surface area (Å²) in [6.07, 6.45) is 8.82. The first kappa shape index (κ1) is 38.8. The molecule has 9 nitrogen and oxygen atoms in total. The van der Waals surface area contributed by atoms with Gasteiger partial charge in [0.05, 0.1) is 22.5 Å². The number of benzene rings is 5. The molecule has 0 saturated heterocycles. The lowest BCUT2D eigenvalue weighted by atomic mass is 10.1. The van der Waals surface area contributed by atoms with E-state index in [4.69, 9.17) is 13.7 Å². The molecule has 0 aliphatic rings. The van der Waals surface area contributed by atoms with Crippen molar-refractivity contribution in [2.75, 3.05) is 19.8 Å². The van der Waals surface area contributed by atoms with Crippen LogP contribution in [0.3, 0.4) is 0 Å². The Morgan fingerprint density at radius 3 is 1.58 bits per heavy atom. The van der Waals surface area contributed by atoms with Crippen molar-refractivity contribution in [1.82, 2.24) is 19.1 Å². The lowest BCUT2D eigenvalue weighted by Gasteiger charge is -2.10. The summed E-state index contributed by atoms with van der Waals surface area (Å²) in [5.74, 6) is 3.30. The third kappa shape index (κ3) is 8.67. The van der Waals surface area contributed by atoms with Crippen LogP contribution < -0.4 is 9.47 Å². The van der Waals surface area contributed by atoms with Gasteiger partial charge < -0.3 is 18.6 Å². The molecule has 9 rings (SSSR count). The van der Waals surface area contributed by atoms with E-state index in [-0.39, 0.29) is 25.5 Å². The van der Waals surface area contributed by atoms with E-state index in [9.17, 15) is 8.42 Å². The number of para-hydroxylation sites is 2. The molecule has 0 radical (unpaired) electrons. The van der Waals surface area contributed by atoms with Gasteiger partial charge in [-0.15, -0.1) is 0 Å². The minimum Gasteiger partial charge on any atom is -0.494 e. The predicted molar refractivity (Wildman–Crippen MR) is 229 cm³/mol. The minimum atomic E-state index is -3.80. The molecule has 0 amide bonds. The third-order valence-corrected chi connectivity index (χ3v) is 10.7. The Labute approximate surface area is 332 Å². The van der Waals surface area contributed by atoms with Crippen LogP contribution in [0.4, 0.5) is 0 Å². The summed E-state index contributed by atoms with van der Waals surface area (Å²) in [7, 11) is -3.80. The van der Waals surface area contributed by atoms with E-state index in [1.807, 2.05) is 68.0 Å². The molecule has 0 atom stereocenters. The lowest BCUT2D eigenvalue weighted by Crippen LogP contribution is -2.13. The molecule has 5 aromatic carbocycles. The van der Waals surface area contributed by atoms with Crippen LogP contribution in [0.5, 0.6) is 11.5 Å². The van der Waals surface area contributed by atoms with Gasteiger partial charge in [-0.05, 0) is 108 Å². The van der Waals surface area contributed by atoms with E-state index < -0.39 is 10.1 Å². The molecule has 0 aliphatic heterocycles. The van der Waals surface area contributed by atoms with Crippen molar-refractivity contribution in [3.63, 3.8) is 0 Å². The number of aryl methyl sites for hydroxylation is 1. The molecule has 0 bridgehead atoms. The molecule has 0 unspecified atom stereocenters. The number of hydrogen-bond acceptors (Lipinski definition) is 7. The van der Waals surface area contributed by atoms with E-state index in [0.717, 1.165) is 68.4 Å². The van der Waals surface area contributed by atoms with Gasteiger partial charge >= 0.3 is 0 Å². The second kappa shape index (κ2) is 17.1. The Balaban J connectivity index is 0.000000182. The van der Waals surface area contributed by atoms with Crippen molar-refractivity contribution < 1.29 is 22.1 Å². The van der Waals surface area contributed by atoms with Crippen LogP contribution in [-0.2, 0) is 14.3 Å². The zero-order valence-corrected chi connectivity index (χ0v) is 31.9. The van der Waals surface area contributed by atoms with Crippen LogP contribution in [0.25, 0.3) is 55.0 Å². The topological polar surface area (TPSA) is 97.5 Å². The monoisotopic (exact) mass is 776 g/mol. The zero-order chi connectivity index (χ0) is 38.5. The maximum Gasteiger partial charge on any atom is 0.297 e. The Bertz CT molecular complexity index is 2900. The van der Waals surface area contributed by atoms with Crippen LogP contribution >= 0.6 is 0 Å². The van der Waals surface area contributed by atoms with E-state index in [0.29, 0.717) is 5.75 Å². The highest BCUT2D eigenvalue weighted by molar-refractivity contribution is 7.86. The van der Waals surface area contributed by atoms with Crippen molar-refractivity contribution in [3.05, 3.63) is 164 Å². The molecule has 4 heterocycles. The van der Waals surface area contributed by atoms with E-state index >= 15 is 0 Å².